The maximum Gasteiger partial charge on any atom is 0.305 e. The molecule has 6 fully saturated rings. The number of fused-ring (bicyclic) bond motifs is 5. The second kappa shape index (κ2) is 13.7. The zero-order valence-corrected chi connectivity index (χ0v) is 29.8. The predicted octanol–water partition coefficient (Wildman–Crippen LogP) is 3.92. The zero-order chi connectivity index (χ0) is 30.4. The fraction of sp³-hybridized carbons (Fsp3) is 0.892. The molecule has 4 saturated carbocycles. The average molecular weight is 678 g/mol. The molecule has 44 heavy (non-hydrogen) atoms. The zero-order valence-electron chi connectivity index (χ0n) is 28.2. The Morgan fingerprint density at radius 1 is 0.932 bits per heavy atom. The monoisotopic (exact) mass is 676 g/mol. The molecule has 6 aliphatic rings. The van der Waals surface area contributed by atoms with Crippen molar-refractivity contribution in [2.45, 2.75) is 142 Å². The van der Waals surface area contributed by atoms with E-state index in [4.69, 9.17) is 9.47 Å². The van der Waals surface area contributed by atoms with Gasteiger partial charge >= 0.3 is 11.9 Å². The number of likely N-dealkylation sites (tertiary alicyclic amines) is 2. The van der Waals surface area contributed by atoms with Crippen LogP contribution in [0.25, 0.3) is 0 Å². The van der Waals surface area contributed by atoms with Crippen LogP contribution in [0.3, 0.4) is 0 Å². The number of piperidine rings is 2. The Morgan fingerprint density at radius 3 is 2.30 bits per heavy atom. The number of halogens is 1. The number of quaternary nitrogens is 1. The van der Waals surface area contributed by atoms with Crippen molar-refractivity contribution >= 4 is 11.9 Å². The number of carbonyl (C=O) groups is 2. The van der Waals surface area contributed by atoms with Gasteiger partial charge in [0.1, 0.15) is 12.1 Å². The molecular formula is C37H61BrN2O4. The van der Waals surface area contributed by atoms with Gasteiger partial charge in [-0.15, -0.1) is 0 Å². The van der Waals surface area contributed by atoms with Crippen molar-refractivity contribution in [3.8, 4) is 0 Å². The first kappa shape index (κ1) is 34.4. The van der Waals surface area contributed by atoms with Gasteiger partial charge in [0.25, 0.3) is 0 Å². The second-order valence-corrected chi connectivity index (χ2v) is 16.2. The van der Waals surface area contributed by atoms with Crippen LogP contribution in [0, 0.1) is 34.5 Å². The standard InChI is InChI=1S/C37H61N2O4.BrH/c1-6-20-39(21-12-9-13-22-39)32-24-30-28-15-14-27-23-33(43-34(41)7-2)31(38-18-10-8-11-19-38)25-37(27,5)29(28)16-17-36(30,4)35(32)42-26(3)40;/h6,27-33,35H,1,7-25H2,2-5H3;1H/q+1;/p-1/t27?,28-,29-,30+,31?,32?,33?,35?,36+,37+;/m1./s1. The molecule has 2 saturated heterocycles. The van der Waals surface area contributed by atoms with E-state index in [1.165, 1.54) is 77.3 Å². The van der Waals surface area contributed by atoms with Gasteiger partial charge in [0.2, 0.25) is 0 Å². The Balaban J connectivity index is 0.00000384. The Hall–Kier alpha value is -0.920. The van der Waals surface area contributed by atoms with Crippen molar-refractivity contribution in [2.24, 2.45) is 34.5 Å². The van der Waals surface area contributed by atoms with E-state index < -0.39 is 0 Å². The summed E-state index contributed by atoms with van der Waals surface area (Å²) in [6.07, 6.45) is 18.7. The molecule has 2 aliphatic heterocycles. The molecule has 4 aliphatic carbocycles. The summed E-state index contributed by atoms with van der Waals surface area (Å²) in [5, 5.41) is 0. The number of hydrogen-bond acceptors (Lipinski definition) is 5. The third-order valence-electron chi connectivity index (χ3n) is 14.2. The quantitative estimate of drug-likeness (QED) is 0.233. The minimum atomic E-state index is -0.104. The fourth-order valence-corrected chi connectivity index (χ4v) is 12.2. The molecule has 10 atom stereocenters. The minimum Gasteiger partial charge on any atom is -1.00 e. The van der Waals surface area contributed by atoms with Crippen LogP contribution < -0.4 is 17.0 Å². The van der Waals surface area contributed by atoms with Crippen molar-refractivity contribution < 1.29 is 40.5 Å². The molecular weight excluding hydrogens is 616 g/mol. The van der Waals surface area contributed by atoms with E-state index in [0.29, 0.717) is 42.2 Å². The van der Waals surface area contributed by atoms with Crippen molar-refractivity contribution in [1.29, 1.82) is 0 Å². The van der Waals surface area contributed by atoms with Gasteiger partial charge in [0, 0.05) is 31.2 Å². The molecule has 0 radical (unpaired) electrons. The Morgan fingerprint density at radius 2 is 1.64 bits per heavy atom. The number of rotatable bonds is 7. The van der Waals surface area contributed by atoms with Crippen molar-refractivity contribution in [1.82, 2.24) is 4.90 Å². The van der Waals surface area contributed by atoms with E-state index >= 15 is 0 Å². The summed E-state index contributed by atoms with van der Waals surface area (Å²) < 4.78 is 13.8. The molecule has 7 heteroatoms. The Bertz CT molecular complexity index is 1040. The predicted molar refractivity (Wildman–Crippen MR) is 170 cm³/mol. The van der Waals surface area contributed by atoms with E-state index in [-0.39, 0.29) is 52.0 Å². The van der Waals surface area contributed by atoms with Crippen LogP contribution in [0.5, 0.6) is 0 Å². The molecule has 0 aromatic heterocycles. The Labute approximate surface area is 278 Å². The lowest BCUT2D eigenvalue weighted by molar-refractivity contribution is -0.952. The van der Waals surface area contributed by atoms with Crippen LogP contribution in [0.1, 0.15) is 118 Å². The number of ether oxygens (including phenoxy) is 2. The maximum absolute atomic E-state index is 12.7. The summed E-state index contributed by atoms with van der Waals surface area (Å²) in [4.78, 5) is 28.0. The second-order valence-electron chi connectivity index (χ2n) is 16.2. The summed E-state index contributed by atoms with van der Waals surface area (Å²) in [5.74, 6) is 2.48. The van der Waals surface area contributed by atoms with Crippen molar-refractivity contribution in [3.05, 3.63) is 12.7 Å². The molecule has 0 amide bonds. The van der Waals surface area contributed by atoms with Gasteiger partial charge in [0.05, 0.1) is 19.6 Å². The summed E-state index contributed by atoms with van der Waals surface area (Å²) in [7, 11) is 0. The van der Waals surface area contributed by atoms with Gasteiger partial charge in [-0.2, -0.15) is 0 Å². The summed E-state index contributed by atoms with van der Waals surface area (Å²) >= 11 is 0. The van der Waals surface area contributed by atoms with Gasteiger partial charge in [-0.05, 0) is 119 Å². The lowest BCUT2D eigenvalue weighted by Crippen LogP contribution is -3.00. The largest absolute Gasteiger partial charge is 1.00 e. The third-order valence-corrected chi connectivity index (χ3v) is 14.2. The lowest BCUT2D eigenvalue weighted by atomic mass is 9.44. The SMILES string of the molecule is C=CC[N+]1(C2C[C@H]3[C@@H]4CCC5CC(OC(=O)CC)C(N6CCCCC6)C[C@]5(C)[C@@H]4CC[C@]3(C)C2OC(C)=O)CCCCC1.[Br-]. The molecule has 250 valence electrons. The number of hydrogen-bond donors (Lipinski definition) is 0. The Kier molecular flexibility index (Phi) is 10.7. The molecule has 6 rings (SSSR count). The molecule has 2 heterocycles. The van der Waals surface area contributed by atoms with E-state index in [0.717, 1.165) is 43.4 Å². The van der Waals surface area contributed by atoms with E-state index in [1.54, 1.807) is 6.92 Å². The first-order chi connectivity index (χ1) is 20.6. The highest BCUT2D eigenvalue weighted by Gasteiger charge is 2.67. The molecule has 0 aromatic rings. The van der Waals surface area contributed by atoms with Crippen LogP contribution >= 0.6 is 0 Å². The van der Waals surface area contributed by atoms with Gasteiger partial charge < -0.3 is 30.9 Å². The van der Waals surface area contributed by atoms with E-state index in [1.807, 2.05) is 6.92 Å². The van der Waals surface area contributed by atoms with Gasteiger partial charge in [-0.1, -0.05) is 33.8 Å². The van der Waals surface area contributed by atoms with Gasteiger partial charge in [0.15, 0.2) is 6.10 Å². The van der Waals surface area contributed by atoms with Gasteiger partial charge in [-0.25, -0.2) is 0 Å². The van der Waals surface area contributed by atoms with Crippen LogP contribution in [-0.2, 0) is 19.1 Å². The summed E-state index contributed by atoms with van der Waals surface area (Å²) in [5.41, 5.74) is 0.319. The number of esters is 2. The molecule has 0 aromatic carbocycles. The average Bonchev–Trinajstić information content (AvgIpc) is 3.30. The molecule has 6 nitrogen and oxygen atoms in total. The third kappa shape index (κ3) is 5.98. The summed E-state index contributed by atoms with van der Waals surface area (Å²) in [6, 6.07) is 0.732. The van der Waals surface area contributed by atoms with Crippen LogP contribution in [0.2, 0.25) is 0 Å². The van der Waals surface area contributed by atoms with Crippen molar-refractivity contribution in [3.63, 3.8) is 0 Å². The topological polar surface area (TPSA) is 55.8 Å². The van der Waals surface area contributed by atoms with Crippen LogP contribution in [0.4, 0.5) is 0 Å². The first-order valence-corrected chi connectivity index (χ1v) is 18.2. The number of carbonyl (C=O) groups excluding carboxylic acids is 2. The van der Waals surface area contributed by atoms with Crippen LogP contribution in [0.15, 0.2) is 12.7 Å². The maximum atomic E-state index is 12.7. The highest BCUT2D eigenvalue weighted by Crippen LogP contribution is 2.68. The molecule has 0 bridgehead atoms. The van der Waals surface area contributed by atoms with Gasteiger partial charge in [-0.3, -0.25) is 14.5 Å². The molecule has 0 spiro atoms. The van der Waals surface area contributed by atoms with E-state index in [9.17, 15) is 9.59 Å². The number of nitrogens with zero attached hydrogens (tertiary/aromatic N) is 2. The van der Waals surface area contributed by atoms with E-state index in [2.05, 4.69) is 31.4 Å². The highest BCUT2D eigenvalue weighted by molar-refractivity contribution is 5.69. The normalized spacial score (nSPS) is 43.4. The van der Waals surface area contributed by atoms with Crippen molar-refractivity contribution in [2.75, 3.05) is 32.7 Å². The highest BCUT2D eigenvalue weighted by atomic mass is 79.9. The molecule has 0 N–H and O–H groups in total. The summed E-state index contributed by atoms with van der Waals surface area (Å²) in [6.45, 7) is 18.6. The molecule has 5 unspecified atom stereocenters. The minimum absolute atomic E-state index is 0. The van der Waals surface area contributed by atoms with Crippen LogP contribution in [-0.4, -0.2) is 78.3 Å². The lowest BCUT2D eigenvalue weighted by Gasteiger charge is -2.62. The smallest absolute Gasteiger partial charge is 0.305 e. The fourth-order valence-electron chi connectivity index (χ4n) is 12.2. The first-order valence-electron chi connectivity index (χ1n) is 18.2.